The highest BCUT2D eigenvalue weighted by Crippen LogP contribution is 2.32. The zero-order valence-electron chi connectivity index (χ0n) is 16.9. The molecule has 150 valence electrons. The molecule has 0 aliphatic carbocycles. The third-order valence-electron chi connectivity index (χ3n) is 5.78. The van der Waals surface area contributed by atoms with E-state index in [1.165, 1.54) is 30.5 Å². The summed E-state index contributed by atoms with van der Waals surface area (Å²) in [5.41, 5.74) is 0.990. The van der Waals surface area contributed by atoms with Gasteiger partial charge < -0.3 is 14.8 Å². The van der Waals surface area contributed by atoms with Crippen LogP contribution in [0.3, 0.4) is 0 Å². The summed E-state index contributed by atoms with van der Waals surface area (Å²) in [7, 11) is 0. The number of nitrogens with zero attached hydrogens (tertiary/aromatic N) is 3. The van der Waals surface area contributed by atoms with Crippen molar-refractivity contribution >= 4 is 37.6 Å². The number of thiophene rings is 1. The van der Waals surface area contributed by atoms with Crippen molar-refractivity contribution in [3.05, 3.63) is 34.6 Å². The molecular weight excluding hydrogens is 368 g/mol. The molecule has 2 aromatic heterocycles. The lowest BCUT2D eigenvalue weighted by atomic mass is 10.0. The molecule has 0 radical (unpaired) electrons. The van der Waals surface area contributed by atoms with Crippen LogP contribution in [0.1, 0.15) is 46.0 Å². The summed E-state index contributed by atoms with van der Waals surface area (Å²) in [6, 6.07) is 8.96. The molecule has 1 saturated heterocycles. The fraction of sp³-hybridized carbons (Fsp3) is 0.545. The third-order valence-corrected chi connectivity index (χ3v) is 6.84. The van der Waals surface area contributed by atoms with Crippen molar-refractivity contribution in [3.8, 4) is 0 Å². The average molecular weight is 399 g/mol. The average Bonchev–Trinajstić information content (AvgIpc) is 3.07. The third kappa shape index (κ3) is 3.80. The maximum atomic E-state index is 13.1. The van der Waals surface area contributed by atoms with Gasteiger partial charge in [-0.05, 0) is 45.2 Å². The first-order valence-electron chi connectivity index (χ1n) is 10.6. The van der Waals surface area contributed by atoms with Crippen molar-refractivity contribution in [2.45, 2.75) is 58.5 Å². The number of likely N-dealkylation sites (tertiary alicyclic amines) is 1. The van der Waals surface area contributed by atoms with Crippen molar-refractivity contribution in [1.29, 1.82) is 0 Å². The summed E-state index contributed by atoms with van der Waals surface area (Å²) < 4.78 is 3.10. The van der Waals surface area contributed by atoms with E-state index in [1.807, 2.05) is 16.7 Å². The van der Waals surface area contributed by atoms with Gasteiger partial charge >= 0.3 is 0 Å². The molecule has 1 N–H and O–H groups in total. The SMILES string of the molecule is CCCn1c(=O)c(NCCCN2CCCCC2C)nc2sc3ccccc3c21. The number of aryl methyl sites for hydroxylation is 1. The van der Waals surface area contributed by atoms with Gasteiger partial charge in [-0.3, -0.25) is 4.79 Å². The summed E-state index contributed by atoms with van der Waals surface area (Å²) in [5, 5.41) is 4.47. The summed E-state index contributed by atoms with van der Waals surface area (Å²) >= 11 is 1.67. The molecule has 1 fully saturated rings. The molecule has 5 nitrogen and oxygen atoms in total. The van der Waals surface area contributed by atoms with Gasteiger partial charge in [0.2, 0.25) is 0 Å². The summed E-state index contributed by atoms with van der Waals surface area (Å²) in [6.45, 7) is 8.23. The van der Waals surface area contributed by atoms with Crippen LogP contribution in [0.2, 0.25) is 0 Å². The Morgan fingerprint density at radius 1 is 1.25 bits per heavy atom. The minimum absolute atomic E-state index is 0.00393. The lowest BCUT2D eigenvalue weighted by molar-refractivity contribution is 0.160. The molecule has 4 rings (SSSR count). The van der Waals surface area contributed by atoms with Crippen LogP contribution < -0.4 is 10.9 Å². The van der Waals surface area contributed by atoms with Crippen molar-refractivity contribution in [1.82, 2.24) is 14.5 Å². The lowest BCUT2D eigenvalue weighted by Gasteiger charge is -2.33. The Labute approximate surface area is 170 Å². The summed E-state index contributed by atoms with van der Waals surface area (Å²) in [5.74, 6) is 0.499. The Morgan fingerprint density at radius 2 is 2.11 bits per heavy atom. The predicted octanol–water partition coefficient (Wildman–Crippen LogP) is 4.70. The van der Waals surface area contributed by atoms with Gasteiger partial charge in [-0.25, -0.2) is 4.98 Å². The number of nitrogens with one attached hydrogen (secondary N) is 1. The molecule has 1 aromatic carbocycles. The van der Waals surface area contributed by atoms with Gasteiger partial charge in [-0.15, -0.1) is 11.3 Å². The molecule has 3 heterocycles. The zero-order chi connectivity index (χ0) is 19.5. The number of benzene rings is 1. The summed E-state index contributed by atoms with van der Waals surface area (Å²) in [6.07, 6.45) is 5.92. The van der Waals surface area contributed by atoms with Crippen molar-refractivity contribution in [3.63, 3.8) is 0 Å². The van der Waals surface area contributed by atoms with E-state index in [0.717, 1.165) is 48.2 Å². The van der Waals surface area contributed by atoms with Crippen molar-refractivity contribution in [2.24, 2.45) is 0 Å². The molecular formula is C22H30N4OS. The number of aromatic nitrogens is 2. The van der Waals surface area contributed by atoms with E-state index in [4.69, 9.17) is 4.98 Å². The maximum Gasteiger partial charge on any atom is 0.293 e. The number of hydrogen-bond donors (Lipinski definition) is 1. The van der Waals surface area contributed by atoms with Crippen LogP contribution in [-0.4, -0.2) is 40.1 Å². The van der Waals surface area contributed by atoms with Gasteiger partial charge in [-0.1, -0.05) is 31.5 Å². The lowest BCUT2D eigenvalue weighted by Crippen LogP contribution is -2.38. The van der Waals surface area contributed by atoms with Crippen molar-refractivity contribution in [2.75, 3.05) is 25.0 Å². The van der Waals surface area contributed by atoms with Gasteiger partial charge in [0.1, 0.15) is 4.83 Å². The molecule has 0 bridgehead atoms. The molecule has 0 amide bonds. The normalized spacial score (nSPS) is 18.1. The minimum Gasteiger partial charge on any atom is -0.365 e. The molecule has 1 unspecified atom stereocenters. The number of piperidine rings is 1. The molecule has 0 spiro atoms. The topological polar surface area (TPSA) is 50.2 Å². The molecule has 1 aliphatic rings. The standard InChI is InChI=1S/C22H30N4OS/c1-3-13-26-19-17-10-4-5-11-18(17)28-21(19)24-20(22(26)27)23-12-8-15-25-14-7-6-9-16(25)2/h4-5,10-11,16H,3,6-9,12-15H2,1-2H3,(H,23,24). The summed E-state index contributed by atoms with van der Waals surface area (Å²) in [4.78, 5) is 21.3. The van der Waals surface area contributed by atoms with Gasteiger partial charge in [-0.2, -0.15) is 0 Å². The van der Waals surface area contributed by atoms with Gasteiger partial charge in [0, 0.05) is 35.8 Å². The van der Waals surface area contributed by atoms with E-state index in [0.29, 0.717) is 11.9 Å². The Bertz CT molecular complexity index is 1010. The number of hydrogen-bond acceptors (Lipinski definition) is 5. The second-order valence-electron chi connectivity index (χ2n) is 7.83. The monoisotopic (exact) mass is 398 g/mol. The van der Waals surface area contributed by atoms with Crippen LogP contribution in [0.25, 0.3) is 20.4 Å². The fourth-order valence-corrected chi connectivity index (χ4v) is 5.35. The number of anilines is 1. The first-order valence-corrected chi connectivity index (χ1v) is 11.4. The predicted molar refractivity (Wildman–Crippen MR) is 120 cm³/mol. The van der Waals surface area contributed by atoms with E-state index in [-0.39, 0.29) is 5.56 Å². The molecule has 6 heteroatoms. The first kappa shape index (κ1) is 19.4. The Balaban J connectivity index is 1.54. The largest absolute Gasteiger partial charge is 0.365 e. The molecule has 28 heavy (non-hydrogen) atoms. The highest BCUT2D eigenvalue weighted by atomic mass is 32.1. The van der Waals surface area contributed by atoms with Crippen LogP contribution in [0.15, 0.2) is 29.1 Å². The van der Waals surface area contributed by atoms with E-state index < -0.39 is 0 Å². The minimum atomic E-state index is 0.00393. The number of fused-ring (bicyclic) bond motifs is 3. The van der Waals surface area contributed by atoms with Gasteiger partial charge in [0.15, 0.2) is 5.82 Å². The molecule has 1 aliphatic heterocycles. The van der Waals surface area contributed by atoms with E-state index >= 15 is 0 Å². The fourth-order valence-electron chi connectivity index (χ4n) is 4.27. The first-order chi connectivity index (χ1) is 13.7. The Kier molecular flexibility index (Phi) is 5.97. The Morgan fingerprint density at radius 3 is 2.93 bits per heavy atom. The van der Waals surface area contributed by atoms with E-state index in [9.17, 15) is 4.79 Å². The second-order valence-corrected chi connectivity index (χ2v) is 8.86. The Hall–Kier alpha value is -1.92. The van der Waals surface area contributed by atoms with Crippen LogP contribution in [-0.2, 0) is 6.54 Å². The highest BCUT2D eigenvalue weighted by Gasteiger charge is 2.18. The quantitative estimate of drug-likeness (QED) is 0.586. The maximum absolute atomic E-state index is 13.1. The second kappa shape index (κ2) is 8.62. The van der Waals surface area contributed by atoms with Gasteiger partial charge in [0.05, 0.1) is 5.52 Å². The van der Waals surface area contributed by atoms with Crippen LogP contribution in [0, 0.1) is 0 Å². The molecule has 3 aromatic rings. The molecule has 1 atom stereocenters. The highest BCUT2D eigenvalue weighted by molar-refractivity contribution is 7.25. The smallest absolute Gasteiger partial charge is 0.293 e. The van der Waals surface area contributed by atoms with Crippen LogP contribution >= 0.6 is 11.3 Å². The molecule has 0 saturated carbocycles. The van der Waals surface area contributed by atoms with E-state index in [2.05, 4.69) is 36.2 Å². The van der Waals surface area contributed by atoms with Crippen LogP contribution in [0.5, 0.6) is 0 Å². The zero-order valence-corrected chi connectivity index (χ0v) is 17.7. The van der Waals surface area contributed by atoms with Crippen LogP contribution in [0.4, 0.5) is 5.82 Å². The van der Waals surface area contributed by atoms with E-state index in [1.54, 1.807) is 11.3 Å². The van der Waals surface area contributed by atoms with Gasteiger partial charge in [0.25, 0.3) is 5.56 Å². The van der Waals surface area contributed by atoms with Crippen molar-refractivity contribution < 1.29 is 0 Å². The number of rotatable bonds is 7.